The molecule has 3 nitrogen and oxygen atoms in total. The molecule has 0 heterocycles. The lowest BCUT2D eigenvalue weighted by Crippen LogP contribution is -2.19. The van der Waals surface area contributed by atoms with E-state index in [-0.39, 0.29) is 11.4 Å². The summed E-state index contributed by atoms with van der Waals surface area (Å²) in [5.41, 5.74) is 0.174. The van der Waals surface area contributed by atoms with Crippen LogP contribution in [-0.4, -0.2) is 27.3 Å². The van der Waals surface area contributed by atoms with Gasteiger partial charge in [-0.3, -0.25) is 0 Å². The fourth-order valence-electron chi connectivity index (χ4n) is 1.01. The highest BCUT2D eigenvalue weighted by Gasteiger charge is 2.18. The monoisotopic (exact) mass is 220 g/mol. The van der Waals surface area contributed by atoms with Gasteiger partial charge in [-0.05, 0) is 17.7 Å². The zero-order valence-corrected chi connectivity index (χ0v) is 7.95. The summed E-state index contributed by atoms with van der Waals surface area (Å²) in [5, 5.41) is 27.5. The number of benzene rings is 1. The second kappa shape index (κ2) is 4.59. The third kappa shape index (κ3) is 2.35. The molecule has 0 saturated heterocycles. The number of hydrogen-bond acceptors (Lipinski definition) is 3. The number of hydrogen-bond donors (Lipinski definition) is 3. The van der Waals surface area contributed by atoms with Gasteiger partial charge < -0.3 is 15.3 Å². The van der Waals surface area contributed by atoms with E-state index in [1.165, 1.54) is 6.07 Å². The van der Waals surface area contributed by atoms with Crippen molar-refractivity contribution in [1.82, 2.24) is 0 Å². The van der Waals surface area contributed by atoms with Gasteiger partial charge >= 0.3 is 0 Å². The molecule has 0 aliphatic carbocycles. The Morgan fingerprint density at radius 1 is 1.36 bits per heavy atom. The fourth-order valence-corrected chi connectivity index (χ4v) is 1.18. The predicted octanol–water partition coefficient (Wildman–Crippen LogP) is 1.16. The van der Waals surface area contributed by atoms with Gasteiger partial charge in [0, 0.05) is 0 Å². The van der Waals surface area contributed by atoms with Gasteiger partial charge in [0.15, 0.2) is 11.6 Å². The summed E-state index contributed by atoms with van der Waals surface area (Å²) < 4.78 is 12.8. The topological polar surface area (TPSA) is 60.7 Å². The summed E-state index contributed by atoms with van der Waals surface area (Å²) in [5.74, 6) is -1.49. The molecule has 0 fully saturated rings. The minimum Gasteiger partial charge on any atom is -0.505 e. The third-order valence-electron chi connectivity index (χ3n) is 1.84. The first-order valence-electron chi connectivity index (χ1n) is 3.96. The molecule has 2 unspecified atom stereocenters. The molecule has 78 valence electrons. The van der Waals surface area contributed by atoms with E-state index in [9.17, 15) is 14.6 Å². The zero-order chi connectivity index (χ0) is 10.7. The summed E-state index contributed by atoms with van der Waals surface area (Å²) in [6.07, 6.45) is -2.40. The van der Waals surface area contributed by atoms with Crippen LogP contribution in [0, 0.1) is 5.82 Å². The summed E-state index contributed by atoms with van der Waals surface area (Å²) in [6, 6.07) is 3.38. The van der Waals surface area contributed by atoms with Crippen LogP contribution in [0.15, 0.2) is 18.2 Å². The SMILES string of the molecule is Oc1ccc(C(O)C(O)CCl)cc1F. The van der Waals surface area contributed by atoms with Crippen LogP contribution in [0.3, 0.4) is 0 Å². The largest absolute Gasteiger partial charge is 0.505 e. The number of aliphatic hydroxyl groups is 2. The Morgan fingerprint density at radius 3 is 2.50 bits per heavy atom. The molecule has 0 amide bonds. The summed E-state index contributed by atoms with van der Waals surface area (Å²) in [6.45, 7) is 0. The molecule has 0 aromatic heterocycles. The molecule has 1 aromatic rings. The fraction of sp³-hybridized carbons (Fsp3) is 0.333. The summed E-state index contributed by atoms with van der Waals surface area (Å²) in [7, 11) is 0. The number of aromatic hydroxyl groups is 1. The molecule has 0 aliphatic rings. The van der Waals surface area contributed by atoms with Gasteiger partial charge in [-0.2, -0.15) is 0 Å². The van der Waals surface area contributed by atoms with Gasteiger partial charge in [-0.25, -0.2) is 4.39 Å². The summed E-state index contributed by atoms with van der Waals surface area (Å²) >= 11 is 5.31. The Kier molecular flexibility index (Phi) is 3.69. The van der Waals surface area contributed by atoms with Crippen molar-refractivity contribution >= 4 is 11.6 Å². The third-order valence-corrected chi connectivity index (χ3v) is 2.15. The lowest BCUT2D eigenvalue weighted by atomic mass is 10.1. The van der Waals surface area contributed by atoms with Crippen LogP contribution in [0.1, 0.15) is 11.7 Å². The van der Waals surface area contributed by atoms with Crippen molar-refractivity contribution in [2.45, 2.75) is 12.2 Å². The maximum absolute atomic E-state index is 12.8. The van der Waals surface area contributed by atoms with E-state index in [1.54, 1.807) is 0 Å². The second-order valence-corrected chi connectivity index (χ2v) is 3.19. The average molecular weight is 221 g/mol. The Balaban J connectivity index is 2.91. The first kappa shape index (κ1) is 11.2. The van der Waals surface area contributed by atoms with E-state index in [4.69, 9.17) is 16.7 Å². The highest BCUT2D eigenvalue weighted by Crippen LogP contribution is 2.23. The first-order chi connectivity index (χ1) is 6.56. The van der Waals surface area contributed by atoms with Gasteiger partial charge in [0.25, 0.3) is 0 Å². The van der Waals surface area contributed by atoms with E-state index in [0.29, 0.717) is 0 Å². The number of phenols is 1. The molecule has 1 rings (SSSR count). The molecule has 0 bridgehead atoms. The minimum absolute atomic E-state index is 0.149. The van der Waals surface area contributed by atoms with Gasteiger partial charge in [0.2, 0.25) is 0 Å². The van der Waals surface area contributed by atoms with Crippen molar-refractivity contribution in [3.63, 3.8) is 0 Å². The Labute approximate surface area is 85.4 Å². The highest BCUT2D eigenvalue weighted by atomic mass is 35.5. The van der Waals surface area contributed by atoms with Crippen molar-refractivity contribution in [1.29, 1.82) is 0 Å². The number of alkyl halides is 1. The first-order valence-corrected chi connectivity index (χ1v) is 4.50. The number of phenolic OH excluding ortho intramolecular Hbond substituents is 1. The van der Waals surface area contributed by atoms with Crippen molar-refractivity contribution in [2.75, 3.05) is 5.88 Å². The Hall–Kier alpha value is -0.840. The molecule has 0 aliphatic heterocycles. The van der Waals surface area contributed by atoms with Gasteiger partial charge in [-0.15, -0.1) is 11.6 Å². The van der Waals surface area contributed by atoms with Crippen molar-refractivity contribution < 1.29 is 19.7 Å². The molecular formula is C9H10ClFO3. The lowest BCUT2D eigenvalue weighted by Gasteiger charge is -2.15. The van der Waals surface area contributed by atoms with Crippen LogP contribution in [0.4, 0.5) is 4.39 Å². The van der Waals surface area contributed by atoms with Gasteiger partial charge in [0.05, 0.1) is 12.0 Å². The maximum atomic E-state index is 12.8. The molecule has 2 atom stereocenters. The van der Waals surface area contributed by atoms with Crippen molar-refractivity contribution in [3.05, 3.63) is 29.6 Å². The molecule has 5 heteroatoms. The number of rotatable bonds is 3. The van der Waals surface area contributed by atoms with E-state index in [1.807, 2.05) is 0 Å². The number of aliphatic hydroxyl groups excluding tert-OH is 2. The van der Waals surface area contributed by atoms with E-state index < -0.39 is 23.8 Å². The lowest BCUT2D eigenvalue weighted by molar-refractivity contribution is 0.0325. The molecule has 14 heavy (non-hydrogen) atoms. The van der Waals surface area contributed by atoms with Crippen molar-refractivity contribution in [3.8, 4) is 5.75 Å². The van der Waals surface area contributed by atoms with Gasteiger partial charge in [0.1, 0.15) is 6.10 Å². The zero-order valence-electron chi connectivity index (χ0n) is 7.19. The van der Waals surface area contributed by atoms with Crippen molar-refractivity contribution in [2.24, 2.45) is 0 Å². The molecule has 0 spiro atoms. The maximum Gasteiger partial charge on any atom is 0.165 e. The summed E-state index contributed by atoms with van der Waals surface area (Å²) in [4.78, 5) is 0. The van der Waals surface area contributed by atoms with Crippen LogP contribution in [-0.2, 0) is 0 Å². The molecule has 0 radical (unpaired) electrons. The standard InChI is InChI=1S/C9H10ClFO3/c10-4-8(13)9(14)5-1-2-7(12)6(11)3-5/h1-3,8-9,12-14H,4H2. The molecular weight excluding hydrogens is 211 g/mol. The van der Waals surface area contributed by atoms with Crippen LogP contribution in [0.25, 0.3) is 0 Å². The van der Waals surface area contributed by atoms with E-state index in [2.05, 4.69) is 0 Å². The Morgan fingerprint density at radius 2 is 2.00 bits per heavy atom. The van der Waals surface area contributed by atoms with Crippen LogP contribution in [0.5, 0.6) is 5.75 Å². The predicted molar refractivity (Wildman–Crippen MR) is 49.8 cm³/mol. The normalized spacial score (nSPS) is 15.1. The quantitative estimate of drug-likeness (QED) is 0.670. The van der Waals surface area contributed by atoms with E-state index >= 15 is 0 Å². The molecule has 1 aromatic carbocycles. The molecule has 0 saturated carbocycles. The van der Waals surface area contributed by atoms with Crippen LogP contribution < -0.4 is 0 Å². The van der Waals surface area contributed by atoms with Crippen LogP contribution in [0.2, 0.25) is 0 Å². The minimum atomic E-state index is -1.25. The molecule has 3 N–H and O–H groups in total. The smallest absolute Gasteiger partial charge is 0.165 e. The second-order valence-electron chi connectivity index (χ2n) is 2.88. The van der Waals surface area contributed by atoms with Gasteiger partial charge in [-0.1, -0.05) is 6.07 Å². The number of halogens is 2. The average Bonchev–Trinajstić information content (AvgIpc) is 2.20. The highest BCUT2D eigenvalue weighted by molar-refractivity contribution is 6.18. The Bertz CT molecular complexity index is 319. The van der Waals surface area contributed by atoms with E-state index in [0.717, 1.165) is 12.1 Å². The van der Waals surface area contributed by atoms with Crippen LogP contribution >= 0.6 is 11.6 Å².